The summed E-state index contributed by atoms with van der Waals surface area (Å²) in [6.45, 7) is 7.95. The molecule has 0 aliphatic rings. The Morgan fingerprint density at radius 2 is 1.87 bits per heavy atom. The minimum Gasteiger partial charge on any atom is -0.497 e. The Balaban J connectivity index is 0.00000484. The van der Waals surface area contributed by atoms with Crippen LogP contribution in [0.1, 0.15) is 25.8 Å². The highest BCUT2D eigenvalue weighted by Crippen LogP contribution is 2.12. The van der Waals surface area contributed by atoms with Crippen LogP contribution in [-0.4, -0.2) is 45.9 Å². The molecule has 2 N–H and O–H groups in total. The molecule has 132 valence electrons. The molecule has 1 rings (SSSR count). The minimum atomic E-state index is 0. The standard InChI is InChI=1S/C17H29N3O2.HI/c1-4-18-17(20-13-14-22-5-2)19-12-6-7-15-8-10-16(21-3)11-9-15;/h8-11H,4-7,12-14H2,1-3H3,(H2,18,19,20);1H. The summed E-state index contributed by atoms with van der Waals surface area (Å²) >= 11 is 0. The van der Waals surface area contributed by atoms with Gasteiger partial charge in [-0.25, -0.2) is 0 Å². The molecule has 0 atom stereocenters. The van der Waals surface area contributed by atoms with E-state index in [1.807, 2.05) is 19.1 Å². The number of hydrogen-bond acceptors (Lipinski definition) is 3. The van der Waals surface area contributed by atoms with Crippen molar-refractivity contribution in [2.24, 2.45) is 4.99 Å². The first kappa shape index (κ1) is 22.0. The molecule has 0 unspecified atom stereocenters. The van der Waals surface area contributed by atoms with E-state index in [0.29, 0.717) is 6.61 Å². The summed E-state index contributed by atoms with van der Waals surface area (Å²) in [5.41, 5.74) is 1.31. The highest BCUT2D eigenvalue weighted by molar-refractivity contribution is 14.0. The van der Waals surface area contributed by atoms with Crippen LogP contribution in [0.5, 0.6) is 5.75 Å². The van der Waals surface area contributed by atoms with Gasteiger partial charge in [0, 0.05) is 26.2 Å². The van der Waals surface area contributed by atoms with Crippen LogP contribution in [0, 0.1) is 0 Å². The van der Waals surface area contributed by atoms with E-state index in [1.165, 1.54) is 5.56 Å². The van der Waals surface area contributed by atoms with Crippen LogP contribution in [0.2, 0.25) is 0 Å². The van der Waals surface area contributed by atoms with E-state index in [-0.39, 0.29) is 24.0 Å². The molecule has 1 aromatic carbocycles. The van der Waals surface area contributed by atoms with Gasteiger partial charge in [-0.2, -0.15) is 0 Å². The second-order valence-electron chi connectivity index (χ2n) is 4.84. The van der Waals surface area contributed by atoms with Gasteiger partial charge in [0.15, 0.2) is 5.96 Å². The van der Waals surface area contributed by atoms with Crippen molar-refractivity contribution in [3.05, 3.63) is 29.8 Å². The van der Waals surface area contributed by atoms with E-state index in [4.69, 9.17) is 9.47 Å². The van der Waals surface area contributed by atoms with E-state index in [9.17, 15) is 0 Å². The largest absolute Gasteiger partial charge is 0.497 e. The fraction of sp³-hybridized carbons (Fsp3) is 0.588. The van der Waals surface area contributed by atoms with Crippen LogP contribution in [0.15, 0.2) is 29.3 Å². The number of methoxy groups -OCH3 is 1. The summed E-state index contributed by atoms with van der Waals surface area (Å²) in [4.78, 5) is 4.57. The number of benzene rings is 1. The molecule has 5 nitrogen and oxygen atoms in total. The monoisotopic (exact) mass is 435 g/mol. The Hall–Kier alpha value is -1.02. The van der Waals surface area contributed by atoms with Gasteiger partial charge in [-0.05, 0) is 44.4 Å². The predicted molar refractivity (Wildman–Crippen MR) is 107 cm³/mol. The van der Waals surface area contributed by atoms with Crippen molar-refractivity contribution in [2.45, 2.75) is 26.7 Å². The number of hydrogen-bond donors (Lipinski definition) is 2. The summed E-state index contributed by atoms with van der Waals surface area (Å²) < 4.78 is 10.5. The van der Waals surface area contributed by atoms with Crippen molar-refractivity contribution < 1.29 is 9.47 Å². The lowest BCUT2D eigenvalue weighted by Crippen LogP contribution is -2.39. The number of rotatable bonds is 10. The molecule has 6 heteroatoms. The predicted octanol–water partition coefficient (Wildman–Crippen LogP) is 2.84. The molecule has 0 saturated heterocycles. The smallest absolute Gasteiger partial charge is 0.191 e. The van der Waals surface area contributed by atoms with E-state index in [1.54, 1.807) is 7.11 Å². The van der Waals surface area contributed by atoms with Crippen molar-refractivity contribution in [1.29, 1.82) is 0 Å². The van der Waals surface area contributed by atoms with Crippen LogP contribution in [0.25, 0.3) is 0 Å². The number of ether oxygens (including phenoxy) is 2. The maximum absolute atomic E-state index is 5.31. The summed E-state index contributed by atoms with van der Waals surface area (Å²) in [5.74, 6) is 1.76. The zero-order chi connectivity index (χ0) is 16.0. The first-order valence-electron chi connectivity index (χ1n) is 8.03. The average molecular weight is 435 g/mol. The third-order valence-electron chi connectivity index (χ3n) is 3.14. The lowest BCUT2D eigenvalue weighted by Gasteiger charge is -2.11. The van der Waals surface area contributed by atoms with Gasteiger partial charge in [0.05, 0.1) is 13.7 Å². The van der Waals surface area contributed by atoms with E-state index < -0.39 is 0 Å². The van der Waals surface area contributed by atoms with Crippen LogP contribution in [-0.2, 0) is 11.2 Å². The van der Waals surface area contributed by atoms with Crippen molar-refractivity contribution in [3.8, 4) is 5.75 Å². The van der Waals surface area contributed by atoms with Crippen LogP contribution < -0.4 is 15.4 Å². The summed E-state index contributed by atoms with van der Waals surface area (Å²) in [6.07, 6.45) is 2.04. The molecule has 0 heterocycles. The molecule has 0 aromatic heterocycles. The Kier molecular flexibility index (Phi) is 13.9. The van der Waals surface area contributed by atoms with Gasteiger partial charge in [0.2, 0.25) is 0 Å². The molecule has 23 heavy (non-hydrogen) atoms. The zero-order valence-electron chi connectivity index (χ0n) is 14.4. The molecular weight excluding hydrogens is 405 g/mol. The Morgan fingerprint density at radius 1 is 1.13 bits per heavy atom. The third kappa shape index (κ3) is 10.4. The van der Waals surface area contributed by atoms with Gasteiger partial charge in [-0.3, -0.25) is 4.99 Å². The molecule has 0 aliphatic carbocycles. The first-order valence-corrected chi connectivity index (χ1v) is 8.03. The number of aliphatic imine (C=N–C) groups is 1. The van der Waals surface area contributed by atoms with Crippen molar-refractivity contribution in [2.75, 3.05) is 40.0 Å². The maximum Gasteiger partial charge on any atom is 0.191 e. The molecule has 0 spiro atoms. The molecular formula is C17H30IN3O2. The van der Waals surface area contributed by atoms with Gasteiger partial charge in [0.1, 0.15) is 5.75 Å². The topological polar surface area (TPSA) is 54.9 Å². The fourth-order valence-corrected chi connectivity index (χ4v) is 1.99. The molecule has 1 aromatic rings. The summed E-state index contributed by atoms with van der Waals surface area (Å²) in [7, 11) is 1.69. The summed E-state index contributed by atoms with van der Waals surface area (Å²) in [6, 6.07) is 8.21. The van der Waals surface area contributed by atoms with Crippen molar-refractivity contribution in [1.82, 2.24) is 10.6 Å². The SMILES string of the molecule is CCNC(=NCCCc1ccc(OC)cc1)NCCOCC.I. The second-order valence-corrected chi connectivity index (χ2v) is 4.84. The number of guanidine groups is 1. The van der Waals surface area contributed by atoms with Crippen LogP contribution >= 0.6 is 24.0 Å². The first-order chi connectivity index (χ1) is 10.8. The quantitative estimate of drug-likeness (QED) is 0.257. The molecule has 0 radical (unpaired) electrons. The van der Waals surface area contributed by atoms with E-state index >= 15 is 0 Å². The van der Waals surface area contributed by atoms with E-state index in [2.05, 4.69) is 34.7 Å². The maximum atomic E-state index is 5.31. The van der Waals surface area contributed by atoms with Gasteiger partial charge < -0.3 is 20.1 Å². The van der Waals surface area contributed by atoms with Crippen molar-refractivity contribution in [3.63, 3.8) is 0 Å². The third-order valence-corrected chi connectivity index (χ3v) is 3.14. The second kappa shape index (κ2) is 14.6. The molecule has 0 amide bonds. The number of halogens is 1. The van der Waals surface area contributed by atoms with Crippen LogP contribution in [0.4, 0.5) is 0 Å². The number of aryl methyl sites for hydroxylation is 1. The molecule has 0 bridgehead atoms. The normalized spacial score (nSPS) is 10.8. The lowest BCUT2D eigenvalue weighted by atomic mass is 10.1. The van der Waals surface area contributed by atoms with Gasteiger partial charge in [0.25, 0.3) is 0 Å². The average Bonchev–Trinajstić information content (AvgIpc) is 2.56. The van der Waals surface area contributed by atoms with Gasteiger partial charge in [-0.1, -0.05) is 12.1 Å². The highest BCUT2D eigenvalue weighted by Gasteiger charge is 1.97. The van der Waals surface area contributed by atoms with Crippen LogP contribution in [0.3, 0.4) is 0 Å². The molecule has 0 aliphatic heterocycles. The number of nitrogens with one attached hydrogen (secondary N) is 2. The van der Waals surface area contributed by atoms with Gasteiger partial charge in [-0.15, -0.1) is 24.0 Å². The van der Waals surface area contributed by atoms with Crippen molar-refractivity contribution >= 4 is 29.9 Å². The van der Waals surface area contributed by atoms with E-state index in [0.717, 1.165) is 50.8 Å². The van der Waals surface area contributed by atoms with Gasteiger partial charge >= 0.3 is 0 Å². The highest BCUT2D eigenvalue weighted by atomic mass is 127. The molecule has 0 fully saturated rings. The Labute approximate surface area is 157 Å². The Bertz CT molecular complexity index is 424. The lowest BCUT2D eigenvalue weighted by molar-refractivity contribution is 0.152. The zero-order valence-corrected chi connectivity index (χ0v) is 16.8. The Morgan fingerprint density at radius 3 is 2.48 bits per heavy atom. The fourth-order valence-electron chi connectivity index (χ4n) is 1.99. The minimum absolute atomic E-state index is 0. The summed E-state index contributed by atoms with van der Waals surface area (Å²) in [5, 5.41) is 6.51. The molecule has 0 saturated carbocycles. The number of nitrogens with zero attached hydrogens (tertiary/aromatic N) is 1.